The molecule has 98 valence electrons. The maximum atomic E-state index is 3.59. The highest BCUT2D eigenvalue weighted by atomic mass is 14.9. The Bertz CT molecular complexity index is 473. The van der Waals surface area contributed by atoms with E-state index in [4.69, 9.17) is 0 Å². The van der Waals surface area contributed by atoms with Gasteiger partial charge in [0, 0.05) is 28.8 Å². The van der Waals surface area contributed by atoms with Crippen LogP contribution in [0.1, 0.15) is 46.0 Å². The van der Waals surface area contributed by atoms with E-state index in [1.54, 1.807) is 0 Å². The van der Waals surface area contributed by atoms with Crippen molar-refractivity contribution in [1.82, 2.24) is 4.98 Å². The lowest BCUT2D eigenvalue weighted by molar-refractivity contribution is 0.594. The van der Waals surface area contributed by atoms with Crippen molar-refractivity contribution in [3.8, 4) is 0 Å². The Kier molecular flexibility index (Phi) is 4.68. The number of fused-ring (bicyclic) bond motifs is 1. The molecule has 2 aromatic rings. The second kappa shape index (κ2) is 6.48. The summed E-state index contributed by atoms with van der Waals surface area (Å²) in [4.78, 5) is 3.22. The minimum Gasteiger partial charge on any atom is -0.383 e. The molecule has 2 nitrogen and oxygen atoms in total. The van der Waals surface area contributed by atoms with Gasteiger partial charge in [0.25, 0.3) is 0 Å². The molecule has 0 fully saturated rings. The van der Waals surface area contributed by atoms with Gasteiger partial charge in [0.05, 0.1) is 0 Å². The number of unbranched alkanes of at least 4 members (excludes halogenated alkanes) is 3. The van der Waals surface area contributed by atoms with Gasteiger partial charge in [0.2, 0.25) is 0 Å². The van der Waals surface area contributed by atoms with E-state index in [1.807, 2.05) is 6.20 Å². The van der Waals surface area contributed by atoms with Crippen LogP contribution in [0.15, 0.2) is 30.5 Å². The average molecular weight is 244 g/mol. The lowest BCUT2D eigenvalue weighted by Gasteiger charge is -2.15. The van der Waals surface area contributed by atoms with E-state index in [0.29, 0.717) is 6.04 Å². The molecule has 0 aliphatic rings. The van der Waals surface area contributed by atoms with Gasteiger partial charge < -0.3 is 10.3 Å². The summed E-state index contributed by atoms with van der Waals surface area (Å²) in [7, 11) is 0. The molecular weight excluding hydrogens is 220 g/mol. The van der Waals surface area contributed by atoms with Gasteiger partial charge in [-0.1, -0.05) is 32.6 Å². The molecule has 2 N–H and O–H groups in total. The predicted octanol–water partition coefficient (Wildman–Crippen LogP) is 4.94. The number of anilines is 1. The Balaban J connectivity index is 1.84. The molecule has 1 aromatic carbocycles. The summed E-state index contributed by atoms with van der Waals surface area (Å²) in [6.45, 7) is 4.53. The van der Waals surface area contributed by atoms with Crippen molar-refractivity contribution in [3.05, 3.63) is 30.5 Å². The molecule has 0 saturated heterocycles. The highest BCUT2D eigenvalue weighted by Gasteiger charge is 2.03. The number of rotatable bonds is 7. The van der Waals surface area contributed by atoms with E-state index < -0.39 is 0 Å². The fraction of sp³-hybridized carbons (Fsp3) is 0.500. The van der Waals surface area contributed by atoms with Crippen LogP contribution in [0, 0.1) is 0 Å². The number of H-pyrrole nitrogens is 1. The molecule has 2 heteroatoms. The van der Waals surface area contributed by atoms with Crippen molar-refractivity contribution >= 4 is 16.6 Å². The molecule has 2 rings (SSSR count). The Morgan fingerprint density at radius 3 is 2.89 bits per heavy atom. The van der Waals surface area contributed by atoms with Crippen molar-refractivity contribution in [2.75, 3.05) is 5.32 Å². The molecule has 0 saturated carbocycles. The first-order chi connectivity index (χ1) is 8.79. The second-order valence-electron chi connectivity index (χ2n) is 5.17. The number of aromatic amines is 1. The van der Waals surface area contributed by atoms with Crippen molar-refractivity contribution < 1.29 is 0 Å². The lowest BCUT2D eigenvalue weighted by Crippen LogP contribution is -2.14. The number of aromatic nitrogens is 1. The minimum atomic E-state index is 0.554. The molecule has 0 aliphatic carbocycles. The zero-order chi connectivity index (χ0) is 12.8. The molecule has 1 aromatic heterocycles. The summed E-state index contributed by atoms with van der Waals surface area (Å²) in [5.41, 5.74) is 2.43. The summed E-state index contributed by atoms with van der Waals surface area (Å²) < 4.78 is 0. The normalized spacial score (nSPS) is 12.8. The fourth-order valence-electron chi connectivity index (χ4n) is 2.38. The highest BCUT2D eigenvalue weighted by molar-refractivity contribution is 5.82. The molecule has 1 heterocycles. The molecule has 1 atom stereocenters. The first kappa shape index (κ1) is 13.0. The van der Waals surface area contributed by atoms with Crippen LogP contribution in [0.5, 0.6) is 0 Å². The first-order valence-corrected chi connectivity index (χ1v) is 7.13. The molecule has 0 bridgehead atoms. The Hall–Kier alpha value is -1.44. The van der Waals surface area contributed by atoms with Crippen LogP contribution in [0.2, 0.25) is 0 Å². The van der Waals surface area contributed by atoms with Crippen LogP contribution in [0.25, 0.3) is 10.9 Å². The maximum Gasteiger partial charge on any atom is 0.0455 e. The number of benzene rings is 1. The molecule has 0 aliphatic heterocycles. The molecule has 0 radical (unpaired) electrons. The largest absolute Gasteiger partial charge is 0.383 e. The van der Waals surface area contributed by atoms with E-state index in [0.717, 1.165) is 0 Å². The van der Waals surface area contributed by atoms with Crippen LogP contribution < -0.4 is 5.32 Å². The summed E-state index contributed by atoms with van der Waals surface area (Å²) >= 11 is 0. The standard InChI is InChI=1S/C16H24N2/c1-3-4-5-6-7-13(2)18-15-8-9-16-14(12-15)10-11-17-16/h8-13,17-18H,3-7H2,1-2H3. The van der Waals surface area contributed by atoms with Crippen molar-refractivity contribution in [3.63, 3.8) is 0 Å². The van der Waals surface area contributed by atoms with E-state index in [1.165, 1.54) is 48.7 Å². The van der Waals surface area contributed by atoms with Crippen LogP contribution in [0.4, 0.5) is 5.69 Å². The fourth-order valence-corrected chi connectivity index (χ4v) is 2.38. The third kappa shape index (κ3) is 3.52. The lowest BCUT2D eigenvalue weighted by atomic mass is 10.1. The third-order valence-electron chi connectivity index (χ3n) is 3.46. The average Bonchev–Trinajstić information content (AvgIpc) is 2.82. The molecule has 18 heavy (non-hydrogen) atoms. The van der Waals surface area contributed by atoms with Crippen LogP contribution >= 0.6 is 0 Å². The maximum absolute atomic E-state index is 3.59. The van der Waals surface area contributed by atoms with Crippen LogP contribution in [-0.4, -0.2) is 11.0 Å². The Morgan fingerprint density at radius 1 is 1.17 bits per heavy atom. The summed E-state index contributed by atoms with van der Waals surface area (Å²) in [5, 5.41) is 4.86. The van der Waals surface area contributed by atoms with Crippen molar-refractivity contribution in [2.24, 2.45) is 0 Å². The Morgan fingerprint density at radius 2 is 2.06 bits per heavy atom. The zero-order valence-corrected chi connectivity index (χ0v) is 11.5. The highest BCUT2D eigenvalue weighted by Crippen LogP contribution is 2.19. The number of hydrogen-bond donors (Lipinski definition) is 2. The predicted molar refractivity (Wildman–Crippen MR) is 80.1 cm³/mol. The summed E-state index contributed by atoms with van der Waals surface area (Å²) in [5.74, 6) is 0. The van der Waals surface area contributed by atoms with Crippen LogP contribution in [-0.2, 0) is 0 Å². The SMILES string of the molecule is CCCCCCC(C)Nc1ccc2[nH]ccc2c1. The molecule has 0 amide bonds. The quantitative estimate of drug-likeness (QED) is 0.663. The van der Waals surface area contributed by atoms with E-state index >= 15 is 0 Å². The first-order valence-electron chi connectivity index (χ1n) is 7.13. The molecule has 0 spiro atoms. The van der Waals surface area contributed by atoms with E-state index in [9.17, 15) is 0 Å². The number of hydrogen-bond acceptors (Lipinski definition) is 1. The van der Waals surface area contributed by atoms with E-state index in [2.05, 4.69) is 48.4 Å². The van der Waals surface area contributed by atoms with Gasteiger partial charge >= 0.3 is 0 Å². The summed E-state index contributed by atoms with van der Waals surface area (Å²) in [6.07, 6.45) is 8.61. The smallest absolute Gasteiger partial charge is 0.0455 e. The number of nitrogens with one attached hydrogen (secondary N) is 2. The van der Waals surface area contributed by atoms with Crippen LogP contribution in [0.3, 0.4) is 0 Å². The molecular formula is C16H24N2. The topological polar surface area (TPSA) is 27.8 Å². The Labute approximate surface area is 110 Å². The van der Waals surface area contributed by atoms with Gasteiger partial charge in [-0.2, -0.15) is 0 Å². The second-order valence-corrected chi connectivity index (χ2v) is 5.17. The van der Waals surface area contributed by atoms with Gasteiger partial charge in [-0.05, 0) is 37.6 Å². The van der Waals surface area contributed by atoms with E-state index in [-0.39, 0.29) is 0 Å². The molecule has 1 unspecified atom stereocenters. The van der Waals surface area contributed by atoms with Gasteiger partial charge in [-0.15, -0.1) is 0 Å². The van der Waals surface area contributed by atoms with Gasteiger partial charge in [-0.3, -0.25) is 0 Å². The van der Waals surface area contributed by atoms with Gasteiger partial charge in [0.1, 0.15) is 0 Å². The zero-order valence-electron chi connectivity index (χ0n) is 11.5. The summed E-state index contributed by atoms with van der Waals surface area (Å²) in [6, 6.07) is 9.18. The van der Waals surface area contributed by atoms with Crippen molar-refractivity contribution in [1.29, 1.82) is 0 Å². The minimum absolute atomic E-state index is 0.554. The third-order valence-corrected chi connectivity index (χ3v) is 3.46. The van der Waals surface area contributed by atoms with Crippen molar-refractivity contribution in [2.45, 2.75) is 52.0 Å². The van der Waals surface area contributed by atoms with Gasteiger partial charge in [0.15, 0.2) is 0 Å². The van der Waals surface area contributed by atoms with Gasteiger partial charge in [-0.25, -0.2) is 0 Å². The monoisotopic (exact) mass is 244 g/mol.